The molecule has 0 atom stereocenters. The minimum absolute atomic E-state index is 0. The number of carbonyl (C=O) groups is 1. The van der Waals surface area contributed by atoms with Gasteiger partial charge in [-0.1, -0.05) is 94.4 Å². The molecule has 47 heavy (non-hydrogen) atoms. The summed E-state index contributed by atoms with van der Waals surface area (Å²) in [6, 6.07) is 35.5. The summed E-state index contributed by atoms with van der Waals surface area (Å²) >= 11 is 0. The second-order valence-corrected chi connectivity index (χ2v) is 12.2. The Morgan fingerprint density at radius 3 is 1.87 bits per heavy atom. The number of aliphatic hydroxyl groups excluding tert-OH is 1. The van der Waals surface area contributed by atoms with Crippen molar-refractivity contribution >= 4 is 16.7 Å². The average molecular weight is 803 g/mol. The van der Waals surface area contributed by atoms with Crippen LogP contribution in [-0.4, -0.2) is 15.9 Å². The number of hydrogen-bond donors (Lipinski definition) is 1. The molecule has 0 bridgehead atoms. The molecule has 0 aliphatic rings. The third-order valence-electron chi connectivity index (χ3n) is 8.93. The molecule has 0 amide bonds. The third-order valence-corrected chi connectivity index (χ3v) is 8.93. The van der Waals surface area contributed by atoms with Crippen molar-refractivity contribution in [1.82, 2.24) is 4.98 Å². The second kappa shape index (κ2) is 17.9. The van der Waals surface area contributed by atoms with Crippen LogP contribution in [0.2, 0.25) is 0 Å². The van der Waals surface area contributed by atoms with Crippen LogP contribution in [0.4, 0.5) is 0 Å². The Hall–Kier alpha value is -3.85. The molecule has 1 heterocycles. The van der Waals surface area contributed by atoms with E-state index in [-0.39, 0.29) is 43.5 Å². The van der Waals surface area contributed by atoms with Crippen molar-refractivity contribution < 1.29 is 30.0 Å². The van der Waals surface area contributed by atoms with Gasteiger partial charge in [-0.15, -0.1) is 35.4 Å². The second-order valence-electron chi connectivity index (χ2n) is 12.2. The molecule has 0 fully saturated rings. The van der Waals surface area contributed by atoms with Gasteiger partial charge in [0.25, 0.3) is 0 Å². The Bertz CT molecular complexity index is 1780. The topological polar surface area (TPSA) is 50.2 Å². The minimum Gasteiger partial charge on any atom is -0.512 e. The van der Waals surface area contributed by atoms with Crippen molar-refractivity contribution in [3.05, 3.63) is 126 Å². The van der Waals surface area contributed by atoms with E-state index in [1.807, 2.05) is 39.8 Å². The zero-order valence-corrected chi connectivity index (χ0v) is 31.3. The van der Waals surface area contributed by atoms with Gasteiger partial charge in [0.1, 0.15) is 0 Å². The fourth-order valence-electron chi connectivity index (χ4n) is 6.18. The summed E-state index contributed by atoms with van der Waals surface area (Å²) in [7, 11) is 0. The number of aliphatic hydroxyl groups is 1. The maximum absolute atomic E-state index is 11.7. The van der Waals surface area contributed by atoms with Gasteiger partial charge in [0.2, 0.25) is 0 Å². The van der Waals surface area contributed by atoms with Crippen molar-refractivity contribution in [2.24, 2.45) is 11.8 Å². The molecule has 5 aromatic rings. The molecule has 247 valence electrons. The Morgan fingerprint density at radius 2 is 1.28 bits per heavy atom. The fourth-order valence-corrected chi connectivity index (χ4v) is 6.18. The summed E-state index contributed by atoms with van der Waals surface area (Å²) in [6.45, 7) is 14.5. The SMILES string of the molecule is CCC(CC)C(=O)/C=C(\O)C(CC)CC.Cc1cc(C)c2c(C)cc(-c3[c-]ccc(-c4ccc(-c5ccccc5)cc4)c3)nc2c1.[Ir]. The van der Waals surface area contributed by atoms with E-state index in [4.69, 9.17) is 4.98 Å². The summed E-state index contributed by atoms with van der Waals surface area (Å²) in [4.78, 5) is 16.7. The van der Waals surface area contributed by atoms with Gasteiger partial charge < -0.3 is 5.11 Å². The number of carbonyl (C=O) groups excluding carboxylic acids is 1. The van der Waals surface area contributed by atoms with Crippen molar-refractivity contribution in [1.29, 1.82) is 0 Å². The third kappa shape index (κ3) is 9.60. The van der Waals surface area contributed by atoms with Crippen molar-refractivity contribution in [3.8, 4) is 33.5 Å². The smallest absolute Gasteiger partial charge is 0.162 e. The van der Waals surface area contributed by atoms with Crippen LogP contribution in [0.15, 0.2) is 103 Å². The zero-order chi connectivity index (χ0) is 33.2. The number of aryl methyl sites for hydroxylation is 3. The van der Waals surface area contributed by atoms with Gasteiger partial charge in [0.15, 0.2) is 5.78 Å². The van der Waals surface area contributed by atoms with Crippen LogP contribution in [0.3, 0.4) is 0 Å². The van der Waals surface area contributed by atoms with Gasteiger partial charge in [-0.2, -0.15) is 0 Å². The first-order valence-corrected chi connectivity index (χ1v) is 16.7. The number of pyridine rings is 1. The summed E-state index contributed by atoms with van der Waals surface area (Å²) in [6.07, 6.45) is 4.91. The number of rotatable bonds is 10. The zero-order valence-electron chi connectivity index (χ0n) is 28.9. The van der Waals surface area contributed by atoms with Gasteiger partial charge in [-0.05, 0) is 91.6 Å². The number of aromatic nitrogens is 1. The van der Waals surface area contributed by atoms with Crippen LogP contribution >= 0.6 is 0 Å². The number of benzene rings is 4. The molecule has 4 heteroatoms. The van der Waals surface area contributed by atoms with Crippen molar-refractivity contribution in [2.45, 2.75) is 74.1 Å². The molecule has 0 unspecified atom stereocenters. The number of hydrogen-bond acceptors (Lipinski definition) is 3. The number of nitrogens with zero attached hydrogens (tertiary/aromatic N) is 1. The van der Waals surface area contributed by atoms with E-state index in [9.17, 15) is 9.90 Å². The molecular weight excluding hydrogens is 755 g/mol. The first-order chi connectivity index (χ1) is 22.2. The van der Waals surface area contributed by atoms with Crippen LogP contribution < -0.4 is 0 Å². The Morgan fingerprint density at radius 1 is 0.723 bits per heavy atom. The molecular formula is C43H48IrNO2-. The number of allylic oxidation sites excluding steroid dienone is 2. The van der Waals surface area contributed by atoms with Gasteiger partial charge in [0, 0.05) is 43.4 Å². The standard InChI is InChI=1S/C30H24N.C13H24O2.Ir/c1-20-16-21(2)30-22(3)18-28(31-29(30)17-20)27-11-7-10-26(19-27)25-14-12-24(13-15-25)23-8-5-4-6-9-23;1-5-10(6-2)12(14)9-13(15)11(7-3)8-4;/h4-10,12-19H,1-3H3;9-11,14H,5-8H2,1-4H3;/q-1;;/b;12-9-;. The van der Waals surface area contributed by atoms with Gasteiger partial charge in [-0.3, -0.25) is 9.78 Å². The van der Waals surface area contributed by atoms with E-state index in [0.717, 1.165) is 42.5 Å². The van der Waals surface area contributed by atoms with Crippen LogP contribution in [-0.2, 0) is 24.9 Å². The molecule has 5 rings (SSSR count). The van der Waals surface area contributed by atoms with E-state index in [1.54, 1.807) is 0 Å². The molecule has 0 saturated carbocycles. The average Bonchev–Trinajstić information content (AvgIpc) is 3.06. The minimum atomic E-state index is 0. The van der Waals surface area contributed by atoms with E-state index in [1.165, 1.54) is 50.4 Å². The van der Waals surface area contributed by atoms with Crippen LogP contribution in [0, 0.1) is 38.7 Å². The summed E-state index contributed by atoms with van der Waals surface area (Å²) in [5.41, 5.74) is 11.6. The van der Waals surface area contributed by atoms with Crippen LogP contribution in [0.1, 0.15) is 70.1 Å². The van der Waals surface area contributed by atoms with Crippen molar-refractivity contribution in [2.75, 3.05) is 0 Å². The molecule has 1 aromatic heterocycles. The van der Waals surface area contributed by atoms with E-state index >= 15 is 0 Å². The Labute approximate surface area is 295 Å². The summed E-state index contributed by atoms with van der Waals surface area (Å²) in [5.74, 6) is 0.547. The van der Waals surface area contributed by atoms with Gasteiger partial charge in [0.05, 0.1) is 11.3 Å². The molecule has 3 nitrogen and oxygen atoms in total. The molecule has 0 spiro atoms. The molecule has 1 radical (unpaired) electrons. The van der Waals surface area contributed by atoms with E-state index < -0.39 is 0 Å². The molecule has 4 aromatic carbocycles. The van der Waals surface area contributed by atoms with E-state index in [0.29, 0.717) is 0 Å². The van der Waals surface area contributed by atoms with Crippen molar-refractivity contribution in [3.63, 3.8) is 0 Å². The quantitative estimate of drug-likeness (QED) is 0.0869. The van der Waals surface area contributed by atoms with Gasteiger partial charge in [-0.25, -0.2) is 0 Å². The maximum Gasteiger partial charge on any atom is 0.162 e. The first kappa shape index (κ1) is 37.6. The van der Waals surface area contributed by atoms with Crippen LogP contribution in [0.25, 0.3) is 44.4 Å². The normalized spacial score (nSPS) is 11.3. The Balaban J connectivity index is 0.000000322. The molecule has 0 saturated heterocycles. The summed E-state index contributed by atoms with van der Waals surface area (Å²) in [5, 5.41) is 11.0. The molecule has 1 N–H and O–H groups in total. The number of fused-ring (bicyclic) bond motifs is 1. The fraction of sp³-hybridized carbons (Fsp3) is 0.302. The number of ketones is 1. The largest absolute Gasteiger partial charge is 0.512 e. The van der Waals surface area contributed by atoms with E-state index in [2.05, 4.69) is 106 Å². The molecule has 0 aliphatic carbocycles. The summed E-state index contributed by atoms with van der Waals surface area (Å²) < 4.78 is 0. The predicted octanol–water partition coefficient (Wildman–Crippen LogP) is 11.8. The Kier molecular flexibility index (Phi) is 14.3. The van der Waals surface area contributed by atoms with Crippen LogP contribution in [0.5, 0.6) is 0 Å². The van der Waals surface area contributed by atoms with Gasteiger partial charge >= 0.3 is 0 Å². The maximum atomic E-state index is 11.7. The monoisotopic (exact) mass is 803 g/mol. The predicted molar refractivity (Wildman–Crippen MR) is 195 cm³/mol. The first-order valence-electron chi connectivity index (χ1n) is 16.7. The molecule has 0 aliphatic heterocycles.